The number of imide groups is 1. The van der Waals surface area contributed by atoms with Crippen molar-refractivity contribution < 1.29 is 44.4 Å². The standard InChI is InChI=1S/C30H37N5O9/c1-32(2)16-9-17(35-18(36)10-34(11-19(35)37)13-5-6-13)24(38)21-14(16)7-12-8-15-23(33(3)4)26(40)22(29(31)43)28(42)30(15,44)27(41)20(12)25(21)39/h12-13,15,17,23,39,41-42,44H,5-11H2,1-4H3,(H2,31,43)/t12?,15?,17?,23-,30-/m0/s1. The number of primary amides is 1. The smallest absolute Gasteiger partial charge is 0.255 e. The Kier molecular flexibility index (Phi) is 6.83. The molecule has 3 unspecified atom stereocenters. The number of fused-ring (bicyclic) bond motifs is 3. The van der Waals surface area contributed by atoms with Crippen LogP contribution in [0.4, 0.5) is 0 Å². The Labute approximate surface area is 253 Å². The molecule has 44 heavy (non-hydrogen) atoms. The van der Waals surface area contributed by atoms with Crippen molar-refractivity contribution >= 4 is 29.3 Å². The number of carbonyl (C=O) groups is 5. The van der Waals surface area contributed by atoms with Crippen molar-refractivity contribution in [3.63, 3.8) is 0 Å². The zero-order chi connectivity index (χ0) is 32.2. The maximum Gasteiger partial charge on any atom is 0.255 e. The number of allylic oxidation sites excluding steroid dienone is 2. The number of ketones is 2. The summed E-state index contributed by atoms with van der Waals surface area (Å²) in [5.41, 5.74) is 2.56. The van der Waals surface area contributed by atoms with E-state index in [-0.39, 0.29) is 49.5 Å². The predicted octanol–water partition coefficient (Wildman–Crippen LogP) is -0.818. The molecule has 0 radical (unpaired) electrons. The average Bonchev–Trinajstić information content (AvgIpc) is 3.76. The van der Waals surface area contributed by atoms with Gasteiger partial charge in [0, 0.05) is 43.7 Å². The first-order valence-electron chi connectivity index (χ1n) is 14.7. The van der Waals surface area contributed by atoms with Crippen molar-refractivity contribution in [3.8, 4) is 0 Å². The molecular formula is C30H37N5O9. The van der Waals surface area contributed by atoms with Gasteiger partial charge in [0.25, 0.3) is 5.91 Å². The molecule has 0 aromatic carbocycles. The van der Waals surface area contributed by atoms with E-state index in [0.717, 1.165) is 17.7 Å². The highest BCUT2D eigenvalue weighted by atomic mass is 16.4. The summed E-state index contributed by atoms with van der Waals surface area (Å²) in [5, 5.41) is 46.3. The minimum atomic E-state index is -2.67. The summed E-state index contributed by atoms with van der Waals surface area (Å²) < 4.78 is 0. The number of nitrogens with two attached hydrogens (primary N) is 1. The summed E-state index contributed by atoms with van der Waals surface area (Å²) in [6.45, 7) is 0.00216. The summed E-state index contributed by atoms with van der Waals surface area (Å²) in [5.74, 6) is -8.28. The van der Waals surface area contributed by atoms with E-state index in [1.807, 2.05) is 4.90 Å². The van der Waals surface area contributed by atoms with Crippen LogP contribution in [0.1, 0.15) is 32.1 Å². The third-order valence-corrected chi connectivity index (χ3v) is 10.1. The lowest BCUT2D eigenvalue weighted by Crippen LogP contribution is -2.62. The lowest BCUT2D eigenvalue weighted by molar-refractivity contribution is -0.157. The fourth-order valence-electron chi connectivity index (χ4n) is 7.90. The van der Waals surface area contributed by atoms with Crippen LogP contribution in [0.2, 0.25) is 0 Å². The normalized spacial score (nSPS) is 33.3. The van der Waals surface area contributed by atoms with Crippen LogP contribution < -0.4 is 5.73 Å². The maximum atomic E-state index is 14.1. The van der Waals surface area contributed by atoms with Crippen LogP contribution in [0.25, 0.3) is 0 Å². The van der Waals surface area contributed by atoms with Gasteiger partial charge in [-0.2, -0.15) is 0 Å². The Morgan fingerprint density at radius 2 is 1.55 bits per heavy atom. The molecule has 6 N–H and O–H groups in total. The van der Waals surface area contributed by atoms with E-state index in [1.165, 1.54) is 4.90 Å². The minimum absolute atomic E-state index is 0.00108. The lowest BCUT2D eigenvalue weighted by Gasteiger charge is -2.51. The molecule has 0 aromatic heterocycles. The second kappa shape index (κ2) is 10.0. The molecule has 5 aliphatic carbocycles. The number of Topliss-reactive ketones (excluding diaryl/α,β-unsaturated/α-hetero) is 2. The molecule has 0 bridgehead atoms. The number of amides is 3. The number of piperazine rings is 1. The average molecular weight is 612 g/mol. The Morgan fingerprint density at radius 3 is 2.07 bits per heavy atom. The van der Waals surface area contributed by atoms with E-state index in [1.54, 1.807) is 33.1 Å². The molecule has 14 nitrogen and oxygen atoms in total. The molecule has 14 heteroatoms. The van der Waals surface area contributed by atoms with Gasteiger partial charge in [0.2, 0.25) is 11.8 Å². The first-order valence-corrected chi connectivity index (χ1v) is 14.7. The van der Waals surface area contributed by atoms with Gasteiger partial charge in [-0.05, 0) is 51.3 Å². The Morgan fingerprint density at radius 1 is 0.932 bits per heavy atom. The fourth-order valence-corrected chi connectivity index (χ4v) is 7.90. The topological polar surface area (TPSA) is 205 Å². The molecule has 2 fully saturated rings. The van der Waals surface area contributed by atoms with Gasteiger partial charge in [0.1, 0.15) is 28.9 Å². The van der Waals surface area contributed by atoms with Gasteiger partial charge < -0.3 is 31.1 Å². The number of likely N-dealkylation sites (N-methyl/N-ethyl adjacent to an activating group) is 1. The quantitative estimate of drug-likeness (QED) is 0.191. The van der Waals surface area contributed by atoms with Crippen molar-refractivity contribution in [2.45, 2.75) is 55.8 Å². The van der Waals surface area contributed by atoms with Crippen molar-refractivity contribution in [3.05, 3.63) is 45.3 Å². The highest BCUT2D eigenvalue weighted by Crippen LogP contribution is 2.55. The number of aliphatic hydroxyl groups excluding tert-OH is 3. The van der Waals surface area contributed by atoms with E-state index < -0.39 is 81.7 Å². The monoisotopic (exact) mass is 611 g/mol. The Bertz CT molecular complexity index is 1530. The zero-order valence-corrected chi connectivity index (χ0v) is 25.0. The minimum Gasteiger partial charge on any atom is -0.508 e. The van der Waals surface area contributed by atoms with Crippen LogP contribution in [0.3, 0.4) is 0 Å². The van der Waals surface area contributed by atoms with E-state index in [4.69, 9.17) is 5.73 Å². The van der Waals surface area contributed by atoms with Crippen LogP contribution in [0.15, 0.2) is 45.3 Å². The number of carbonyl (C=O) groups excluding carboxylic acids is 5. The molecule has 6 rings (SSSR count). The van der Waals surface area contributed by atoms with Crippen LogP contribution in [0.5, 0.6) is 0 Å². The third kappa shape index (κ3) is 4.07. The third-order valence-electron chi connectivity index (χ3n) is 10.1. The highest BCUT2D eigenvalue weighted by molar-refractivity contribution is 6.22. The molecule has 5 atom stereocenters. The van der Waals surface area contributed by atoms with Gasteiger partial charge in [-0.3, -0.25) is 38.7 Å². The summed E-state index contributed by atoms with van der Waals surface area (Å²) in [6, 6.07) is -2.20. The van der Waals surface area contributed by atoms with E-state index in [2.05, 4.69) is 0 Å². The molecule has 1 aliphatic heterocycles. The van der Waals surface area contributed by atoms with E-state index >= 15 is 0 Å². The van der Waals surface area contributed by atoms with Gasteiger partial charge in [-0.25, -0.2) is 0 Å². The first kappa shape index (κ1) is 30.0. The molecule has 1 saturated carbocycles. The van der Waals surface area contributed by atoms with Crippen LogP contribution in [-0.2, 0) is 24.0 Å². The number of rotatable bonds is 5. The molecule has 3 amide bonds. The van der Waals surface area contributed by atoms with E-state index in [0.29, 0.717) is 11.3 Å². The molecule has 0 aromatic rings. The predicted molar refractivity (Wildman–Crippen MR) is 152 cm³/mol. The van der Waals surface area contributed by atoms with Crippen molar-refractivity contribution in [1.82, 2.24) is 19.6 Å². The number of nitrogens with zero attached hydrogens (tertiary/aromatic N) is 4. The van der Waals surface area contributed by atoms with Crippen LogP contribution in [0, 0.1) is 11.8 Å². The van der Waals surface area contributed by atoms with Crippen molar-refractivity contribution in [1.29, 1.82) is 0 Å². The summed E-state index contributed by atoms with van der Waals surface area (Å²) in [6.07, 6.45) is 1.95. The molecule has 236 valence electrons. The Balaban J connectivity index is 1.50. The van der Waals surface area contributed by atoms with Gasteiger partial charge in [0.05, 0.1) is 24.7 Å². The molecule has 1 saturated heterocycles. The first-order chi connectivity index (χ1) is 20.6. The van der Waals surface area contributed by atoms with Crippen molar-refractivity contribution in [2.24, 2.45) is 17.6 Å². The highest BCUT2D eigenvalue weighted by Gasteiger charge is 2.62. The largest absolute Gasteiger partial charge is 0.508 e. The van der Waals surface area contributed by atoms with E-state index in [9.17, 15) is 44.4 Å². The molecular weight excluding hydrogens is 574 g/mol. The SMILES string of the molecule is CN(C)C1=C2CC3CC4[C@H](N(C)C)C(=O)C(C(N)=O)=C(O)[C@@]4(O)C(O)=C3C(O)=C2C(=O)C(N2C(=O)CN(C3CC3)CC2=O)C1. The van der Waals surface area contributed by atoms with Gasteiger partial charge >= 0.3 is 0 Å². The van der Waals surface area contributed by atoms with Crippen LogP contribution in [-0.4, -0.2) is 134 Å². The number of hydrogen-bond acceptors (Lipinski definition) is 12. The summed E-state index contributed by atoms with van der Waals surface area (Å²) in [7, 11) is 6.60. The molecule has 0 spiro atoms. The van der Waals surface area contributed by atoms with Gasteiger partial charge in [0.15, 0.2) is 17.2 Å². The molecule has 1 heterocycles. The van der Waals surface area contributed by atoms with Crippen molar-refractivity contribution in [2.75, 3.05) is 41.3 Å². The lowest BCUT2D eigenvalue weighted by atomic mass is 9.58. The van der Waals surface area contributed by atoms with Gasteiger partial charge in [-0.1, -0.05) is 0 Å². The van der Waals surface area contributed by atoms with Gasteiger partial charge in [-0.15, -0.1) is 0 Å². The number of aliphatic hydroxyl groups is 4. The second-order valence-corrected chi connectivity index (χ2v) is 13.1. The number of hydrogen-bond donors (Lipinski definition) is 5. The maximum absolute atomic E-state index is 14.1. The summed E-state index contributed by atoms with van der Waals surface area (Å²) >= 11 is 0. The summed E-state index contributed by atoms with van der Waals surface area (Å²) in [4.78, 5) is 72.1. The molecule has 6 aliphatic rings. The zero-order valence-electron chi connectivity index (χ0n) is 25.0. The Hall–Kier alpha value is -4.01. The van der Waals surface area contributed by atoms with Crippen LogP contribution >= 0.6 is 0 Å². The fraction of sp³-hybridized carbons (Fsp3) is 0.567. The second-order valence-electron chi connectivity index (χ2n) is 13.1.